The Balaban J connectivity index is 1.55. The van der Waals surface area contributed by atoms with Crippen molar-refractivity contribution in [3.8, 4) is 0 Å². The molecule has 0 amide bonds. The highest BCUT2D eigenvalue weighted by atomic mass is 32.1. The first-order valence-corrected chi connectivity index (χ1v) is 9.04. The van der Waals surface area contributed by atoms with E-state index in [4.69, 9.17) is 0 Å². The molecule has 0 bridgehead atoms. The molecule has 3 atom stereocenters. The van der Waals surface area contributed by atoms with E-state index in [1.165, 1.54) is 51.5 Å². The Morgan fingerprint density at radius 2 is 2.11 bits per heavy atom. The van der Waals surface area contributed by atoms with Crippen molar-refractivity contribution in [1.82, 2.24) is 5.32 Å². The Labute approximate surface area is 121 Å². The molecule has 2 saturated carbocycles. The third kappa shape index (κ3) is 3.22. The van der Waals surface area contributed by atoms with Crippen molar-refractivity contribution < 1.29 is 0 Å². The van der Waals surface area contributed by atoms with Crippen LogP contribution in [-0.4, -0.2) is 12.6 Å². The van der Waals surface area contributed by atoms with Crippen LogP contribution in [-0.2, 0) is 6.42 Å². The van der Waals surface area contributed by atoms with Crippen LogP contribution < -0.4 is 5.32 Å². The van der Waals surface area contributed by atoms with E-state index in [-0.39, 0.29) is 0 Å². The van der Waals surface area contributed by atoms with Gasteiger partial charge in [0.2, 0.25) is 0 Å². The lowest BCUT2D eigenvalue weighted by Gasteiger charge is -2.18. The second kappa shape index (κ2) is 6.41. The van der Waals surface area contributed by atoms with Gasteiger partial charge < -0.3 is 5.32 Å². The minimum Gasteiger partial charge on any atom is -0.314 e. The molecular formula is C17H27NS. The van der Waals surface area contributed by atoms with Crippen molar-refractivity contribution in [1.29, 1.82) is 0 Å². The highest BCUT2D eigenvalue weighted by Crippen LogP contribution is 2.57. The van der Waals surface area contributed by atoms with Crippen molar-refractivity contribution in [2.75, 3.05) is 6.54 Å². The van der Waals surface area contributed by atoms with Crippen molar-refractivity contribution in [2.45, 2.75) is 57.9 Å². The Kier molecular flexibility index (Phi) is 4.60. The largest absolute Gasteiger partial charge is 0.314 e. The van der Waals surface area contributed by atoms with E-state index < -0.39 is 0 Å². The van der Waals surface area contributed by atoms with Gasteiger partial charge in [0.05, 0.1) is 0 Å². The smallest absolute Gasteiger partial charge is 0.0104 e. The summed E-state index contributed by atoms with van der Waals surface area (Å²) in [5, 5.41) is 6.06. The van der Waals surface area contributed by atoms with Gasteiger partial charge in [0.1, 0.15) is 0 Å². The second-order valence-corrected chi connectivity index (χ2v) is 7.40. The van der Waals surface area contributed by atoms with E-state index in [0.717, 1.165) is 23.8 Å². The van der Waals surface area contributed by atoms with Gasteiger partial charge in [0.25, 0.3) is 0 Å². The van der Waals surface area contributed by atoms with E-state index in [1.54, 1.807) is 4.88 Å². The fraction of sp³-hybridized carbons (Fsp3) is 0.765. The molecule has 3 unspecified atom stereocenters. The summed E-state index contributed by atoms with van der Waals surface area (Å²) in [6.45, 7) is 3.48. The maximum Gasteiger partial charge on any atom is 0.0104 e. The van der Waals surface area contributed by atoms with E-state index in [2.05, 4.69) is 29.8 Å². The van der Waals surface area contributed by atoms with Gasteiger partial charge in [-0.05, 0) is 67.8 Å². The van der Waals surface area contributed by atoms with Gasteiger partial charge in [-0.1, -0.05) is 25.8 Å². The Hall–Kier alpha value is -0.340. The third-order valence-corrected chi connectivity index (χ3v) is 6.06. The summed E-state index contributed by atoms with van der Waals surface area (Å²) >= 11 is 1.92. The zero-order chi connectivity index (χ0) is 13.1. The maximum absolute atomic E-state index is 3.85. The van der Waals surface area contributed by atoms with E-state index >= 15 is 0 Å². The molecule has 0 radical (unpaired) electrons. The molecule has 0 aliphatic heterocycles. The van der Waals surface area contributed by atoms with Crippen LogP contribution in [0.3, 0.4) is 0 Å². The summed E-state index contributed by atoms with van der Waals surface area (Å²) < 4.78 is 0. The van der Waals surface area contributed by atoms with E-state index in [9.17, 15) is 0 Å². The van der Waals surface area contributed by atoms with Gasteiger partial charge in [-0.2, -0.15) is 0 Å². The fourth-order valence-electron chi connectivity index (χ4n) is 4.16. The topological polar surface area (TPSA) is 12.0 Å². The highest BCUT2D eigenvalue weighted by Gasteiger charge is 2.53. The average molecular weight is 277 g/mol. The number of fused-ring (bicyclic) bond motifs is 1. The molecule has 1 N–H and O–H groups in total. The molecule has 0 aromatic carbocycles. The van der Waals surface area contributed by atoms with Crippen LogP contribution in [0.2, 0.25) is 0 Å². The lowest BCUT2D eigenvalue weighted by Crippen LogP contribution is -2.33. The van der Waals surface area contributed by atoms with Gasteiger partial charge in [-0.15, -0.1) is 11.3 Å². The average Bonchev–Trinajstić information content (AvgIpc) is 2.92. The summed E-state index contributed by atoms with van der Waals surface area (Å²) in [7, 11) is 0. The van der Waals surface area contributed by atoms with Crippen molar-refractivity contribution in [3.63, 3.8) is 0 Å². The molecule has 1 aromatic rings. The van der Waals surface area contributed by atoms with Crippen LogP contribution in [0.25, 0.3) is 0 Å². The van der Waals surface area contributed by atoms with E-state index in [1.807, 2.05) is 11.3 Å². The summed E-state index contributed by atoms with van der Waals surface area (Å²) in [6.07, 6.45) is 9.88. The van der Waals surface area contributed by atoms with Gasteiger partial charge in [0.15, 0.2) is 0 Å². The predicted octanol–water partition coefficient (Wildman–Crippen LogP) is 4.49. The SMILES string of the molecule is CCCNC(CCc1cccs1)C1C2CCCCC21. The maximum atomic E-state index is 3.85. The van der Waals surface area contributed by atoms with Crippen LogP contribution >= 0.6 is 11.3 Å². The Morgan fingerprint density at radius 3 is 2.74 bits per heavy atom. The number of aryl methyl sites for hydroxylation is 1. The Bertz CT molecular complexity index is 361. The van der Waals surface area contributed by atoms with Crippen LogP contribution in [0.4, 0.5) is 0 Å². The monoisotopic (exact) mass is 277 g/mol. The summed E-state index contributed by atoms with van der Waals surface area (Å²) in [5.74, 6) is 3.16. The predicted molar refractivity (Wildman–Crippen MR) is 83.7 cm³/mol. The van der Waals surface area contributed by atoms with Crippen molar-refractivity contribution in [2.24, 2.45) is 17.8 Å². The van der Waals surface area contributed by atoms with Gasteiger partial charge in [0, 0.05) is 10.9 Å². The van der Waals surface area contributed by atoms with Gasteiger partial charge in [-0.25, -0.2) is 0 Å². The van der Waals surface area contributed by atoms with Crippen molar-refractivity contribution >= 4 is 11.3 Å². The molecule has 3 rings (SSSR count). The molecule has 2 heteroatoms. The van der Waals surface area contributed by atoms with Crippen LogP contribution in [0.1, 0.15) is 50.3 Å². The molecule has 2 fully saturated rings. The Morgan fingerprint density at radius 1 is 1.32 bits per heavy atom. The van der Waals surface area contributed by atoms with Crippen LogP contribution in [0.15, 0.2) is 17.5 Å². The zero-order valence-electron chi connectivity index (χ0n) is 12.1. The van der Waals surface area contributed by atoms with E-state index in [0.29, 0.717) is 0 Å². The summed E-state index contributed by atoms with van der Waals surface area (Å²) in [5.41, 5.74) is 0. The first-order valence-electron chi connectivity index (χ1n) is 8.16. The molecule has 1 heterocycles. The minimum absolute atomic E-state index is 0.787. The number of hydrogen-bond acceptors (Lipinski definition) is 2. The number of thiophene rings is 1. The molecular weight excluding hydrogens is 250 g/mol. The van der Waals surface area contributed by atoms with Crippen LogP contribution in [0, 0.1) is 17.8 Å². The molecule has 106 valence electrons. The molecule has 2 aliphatic carbocycles. The first-order chi connectivity index (χ1) is 9.40. The molecule has 0 spiro atoms. The van der Waals surface area contributed by atoms with Crippen LogP contribution in [0.5, 0.6) is 0 Å². The zero-order valence-corrected chi connectivity index (χ0v) is 12.9. The lowest BCUT2D eigenvalue weighted by molar-refractivity contribution is 0.407. The first kappa shape index (κ1) is 13.6. The third-order valence-electron chi connectivity index (χ3n) is 5.13. The second-order valence-electron chi connectivity index (χ2n) is 6.37. The van der Waals surface area contributed by atoms with Crippen molar-refractivity contribution in [3.05, 3.63) is 22.4 Å². The molecule has 1 aromatic heterocycles. The standard InChI is InChI=1S/C17H27NS/c1-2-11-18-16(10-9-13-6-5-12-19-13)17-14-7-3-4-8-15(14)17/h5-6,12,14-18H,2-4,7-11H2,1H3. The summed E-state index contributed by atoms with van der Waals surface area (Å²) in [4.78, 5) is 1.56. The lowest BCUT2D eigenvalue weighted by atomic mass is 10.0. The van der Waals surface area contributed by atoms with Gasteiger partial charge in [-0.3, -0.25) is 0 Å². The summed E-state index contributed by atoms with van der Waals surface area (Å²) in [6, 6.07) is 5.27. The number of rotatable bonds is 7. The molecule has 1 nitrogen and oxygen atoms in total. The quantitative estimate of drug-likeness (QED) is 0.774. The van der Waals surface area contributed by atoms with Gasteiger partial charge >= 0.3 is 0 Å². The normalized spacial score (nSPS) is 30.9. The molecule has 2 aliphatic rings. The minimum atomic E-state index is 0.787. The fourth-order valence-corrected chi connectivity index (χ4v) is 4.88. The highest BCUT2D eigenvalue weighted by molar-refractivity contribution is 7.09. The number of nitrogens with one attached hydrogen (secondary N) is 1. The number of hydrogen-bond donors (Lipinski definition) is 1. The molecule has 0 saturated heterocycles. The molecule has 19 heavy (non-hydrogen) atoms.